The van der Waals surface area contributed by atoms with E-state index in [4.69, 9.17) is 4.42 Å². The first-order valence-electron chi connectivity index (χ1n) is 8.82. The van der Waals surface area contributed by atoms with Crippen molar-refractivity contribution in [2.75, 3.05) is 0 Å². The second-order valence-corrected chi connectivity index (χ2v) is 9.50. The van der Waals surface area contributed by atoms with Crippen molar-refractivity contribution in [3.63, 3.8) is 0 Å². The number of hydrogen-bond acceptors (Lipinski definition) is 1. The molecule has 0 bridgehead atoms. The molecule has 0 atom stereocenters. The standard InChI is InChI=1S/C24H16BrOP/c25-17-14-15-22-21(16-17)20-12-7-13-23(24(20)26-22)27(18-8-3-1-4-9-18)19-10-5-2-6-11-19/h1-16H. The van der Waals surface area contributed by atoms with Gasteiger partial charge in [0.15, 0.2) is 0 Å². The summed E-state index contributed by atoms with van der Waals surface area (Å²) in [6.07, 6.45) is 0. The molecule has 0 saturated heterocycles. The molecule has 0 aliphatic heterocycles. The Bertz CT molecular complexity index is 1190. The fraction of sp³-hybridized carbons (Fsp3) is 0. The Morgan fingerprint density at radius 1 is 0.630 bits per heavy atom. The fourth-order valence-corrected chi connectivity index (χ4v) is 6.27. The van der Waals surface area contributed by atoms with E-state index in [2.05, 4.69) is 101 Å². The smallest absolute Gasteiger partial charge is 0.143 e. The van der Waals surface area contributed by atoms with Crippen molar-refractivity contribution in [2.45, 2.75) is 0 Å². The van der Waals surface area contributed by atoms with Crippen LogP contribution in [0, 0.1) is 0 Å². The van der Waals surface area contributed by atoms with E-state index in [0.717, 1.165) is 21.0 Å². The van der Waals surface area contributed by atoms with Gasteiger partial charge in [-0.2, -0.15) is 0 Å². The van der Waals surface area contributed by atoms with E-state index in [1.54, 1.807) is 0 Å². The van der Waals surface area contributed by atoms with E-state index in [0.29, 0.717) is 0 Å². The zero-order chi connectivity index (χ0) is 18.2. The Morgan fingerprint density at radius 3 is 1.96 bits per heavy atom. The highest BCUT2D eigenvalue weighted by Gasteiger charge is 2.21. The van der Waals surface area contributed by atoms with Gasteiger partial charge in [-0.3, -0.25) is 0 Å². The molecule has 0 unspecified atom stereocenters. The van der Waals surface area contributed by atoms with Crippen LogP contribution in [0.5, 0.6) is 0 Å². The van der Waals surface area contributed by atoms with Gasteiger partial charge >= 0.3 is 0 Å². The lowest BCUT2D eigenvalue weighted by Crippen LogP contribution is -2.20. The molecule has 0 aliphatic rings. The highest BCUT2D eigenvalue weighted by atomic mass is 79.9. The molecule has 27 heavy (non-hydrogen) atoms. The van der Waals surface area contributed by atoms with Gasteiger partial charge in [0.1, 0.15) is 11.2 Å². The van der Waals surface area contributed by atoms with Crippen molar-refractivity contribution in [3.05, 3.63) is 102 Å². The van der Waals surface area contributed by atoms with Gasteiger partial charge in [-0.15, -0.1) is 0 Å². The monoisotopic (exact) mass is 430 g/mol. The summed E-state index contributed by atoms with van der Waals surface area (Å²) >= 11 is 3.59. The second-order valence-electron chi connectivity index (χ2n) is 6.40. The lowest BCUT2D eigenvalue weighted by molar-refractivity contribution is 0.671. The Labute approximate surface area is 167 Å². The molecule has 3 heteroatoms. The largest absolute Gasteiger partial charge is 0.455 e. The van der Waals surface area contributed by atoms with Crippen LogP contribution in [0.3, 0.4) is 0 Å². The lowest BCUT2D eigenvalue weighted by atomic mass is 10.1. The molecule has 1 aromatic heterocycles. The number of fused-ring (bicyclic) bond motifs is 3. The zero-order valence-electron chi connectivity index (χ0n) is 14.5. The molecule has 1 nitrogen and oxygen atoms in total. The molecule has 5 rings (SSSR count). The van der Waals surface area contributed by atoms with Crippen molar-refractivity contribution in [1.29, 1.82) is 0 Å². The summed E-state index contributed by atoms with van der Waals surface area (Å²) in [7, 11) is -0.696. The molecule has 0 radical (unpaired) electrons. The molecule has 5 aromatic rings. The number of hydrogen-bond donors (Lipinski definition) is 0. The van der Waals surface area contributed by atoms with Gasteiger partial charge in [-0.1, -0.05) is 94.8 Å². The minimum absolute atomic E-state index is 0.696. The maximum absolute atomic E-state index is 6.36. The molecule has 0 saturated carbocycles. The molecule has 0 aliphatic carbocycles. The fourth-order valence-electron chi connectivity index (χ4n) is 3.51. The molecule has 130 valence electrons. The average Bonchev–Trinajstić information content (AvgIpc) is 3.09. The summed E-state index contributed by atoms with van der Waals surface area (Å²) in [5, 5.41) is 6.23. The van der Waals surface area contributed by atoms with Gasteiger partial charge in [0.25, 0.3) is 0 Å². The van der Waals surface area contributed by atoms with Crippen LogP contribution in [0.2, 0.25) is 0 Å². The quantitative estimate of drug-likeness (QED) is 0.315. The third kappa shape index (κ3) is 3.00. The Kier molecular flexibility index (Phi) is 4.32. The highest BCUT2D eigenvalue weighted by molar-refractivity contribution is 9.10. The number of para-hydroxylation sites is 1. The van der Waals surface area contributed by atoms with E-state index in [1.165, 1.54) is 21.3 Å². The van der Waals surface area contributed by atoms with E-state index < -0.39 is 7.92 Å². The third-order valence-corrected chi connectivity index (χ3v) is 7.66. The molecule has 0 fully saturated rings. The molecule has 0 spiro atoms. The van der Waals surface area contributed by atoms with Gasteiger partial charge in [-0.25, -0.2) is 0 Å². The summed E-state index contributed by atoms with van der Waals surface area (Å²) in [5.74, 6) is 0. The van der Waals surface area contributed by atoms with Crippen LogP contribution in [-0.2, 0) is 0 Å². The average molecular weight is 431 g/mol. The minimum Gasteiger partial charge on any atom is -0.455 e. The number of benzene rings is 4. The van der Waals surface area contributed by atoms with Crippen molar-refractivity contribution in [1.82, 2.24) is 0 Å². The summed E-state index contributed by atoms with van der Waals surface area (Å²) in [5.41, 5.74) is 1.92. The van der Waals surface area contributed by atoms with Crippen molar-refractivity contribution in [2.24, 2.45) is 0 Å². The molecular weight excluding hydrogens is 415 g/mol. The van der Waals surface area contributed by atoms with E-state index in [-0.39, 0.29) is 0 Å². The molecular formula is C24H16BrOP. The summed E-state index contributed by atoms with van der Waals surface area (Å²) in [6.45, 7) is 0. The summed E-state index contributed by atoms with van der Waals surface area (Å²) in [6, 6.07) is 34.2. The first-order chi connectivity index (χ1) is 13.3. The maximum Gasteiger partial charge on any atom is 0.143 e. The van der Waals surface area contributed by atoms with Gasteiger partial charge < -0.3 is 4.42 Å². The van der Waals surface area contributed by atoms with Crippen LogP contribution in [-0.4, -0.2) is 0 Å². The molecule has 1 heterocycles. The van der Waals surface area contributed by atoms with Gasteiger partial charge in [0, 0.05) is 20.5 Å². The van der Waals surface area contributed by atoms with E-state index >= 15 is 0 Å². The molecule has 4 aromatic carbocycles. The maximum atomic E-state index is 6.36. The van der Waals surface area contributed by atoms with Gasteiger partial charge in [-0.05, 0) is 36.7 Å². The third-order valence-electron chi connectivity index (χ3n) is 4.71. The van der Waals surface area contributed by atoms with E-state index in [1.807, 2.05) is 12.1 Å². The lowest BCUT2D eigenvalue weighted by Gasteiger charge is -2.19. The van der Waals surface area contributed by atoms with Crippen LogP contribution in [0.4, 0.5) is 0 Å². The normalized spacial score (nSPS) is 11.5. The van der Waals surface area contributed by atoms with Gasteiger partial charge in [0.2, 0.25) is 0 Å². The van der Waals surface area contributed by atoms with Crippen molar-refractivity contribution >= 4 is 61.7 Å². The van der Waals surface area contributed by atoms with Crippen LogP contribution in [0.1, 0.15) is 0 Å². The van der Waals surface area contributed by atoms with Gasteiger partial charge in [0.05, 0.1) is 0 Å². The number of halogens is 1. The molecule has 0 amide bonds. The topological polar surface area (TPSA) is 13.1 Å². The minimum atomic E-state index is -0.696. The van der Waals surface area contributed by atoms with Crippen molar-refractivity contribution in [3.8, 4) is 0 Å². The van der Waals surface area contributed by atoms with E-state index in [9.17, 15) is 0 Å². The van der Waals surface area contributed by atoms with Crippen LogP contribution in [0.15, 0.2) is 106 Å². The first-order valence-corrected chi connectivity index (χ1v) is 11.0. The second kappa shape index (κ2) is 6.96. The predicted octanol–water partition coefficient (Wildman–Crippen LogP) is 6.11. The zero-order valence-corrected chi connectivity index (χ0v) is 17.0. The summed E-state index contributed by atoms with van der Waals surface area (Å²) < 4.78 is 7.42. The molecule has 0 N–H and O–H groups in total. The number of rotatable bonds is 3. The Morgan fingerprint density at radius 2 is 1.30 bits per heavy atom. The first kappa shape index (κ1) is 16.7. The van der Waals surface area contributed by atoms with Crippen molar-refractivity contribution < 1.29 is 4.42 Å². The van der Waals surface area contributed by atoms with Crippen LogP contribution >= 0.6 is 23.9 Å². The van der Waals surface area contributed by atoms with Crippen LogP contribution < -0.4 is 15.9 Å². The SMILES string of the molecule is Brc1ccc2oc3c(P(c4ccccc4)c4ccccc4)cccc3c2c1. The summed E-state index contributed by atoms with van der Waals surface area (Å²) in [4.78, 5) is 0. The van der Waals surface area contributed by atoms with Crippen LogP contribution in [0.25, 0.3) is 21.9 Å². The highest BCUT2D eigenvalue weighted by Crippen LogP contribution is 2.38. The predicted molar refractivity (Wildman–Crippen MR) is 120 cm³/mol. The number of furan rings is 1. The Hall–Kier alpha value is -2.41. The Balaban J connectivity index is 1.82.